The molecule has 19 heavy (non-hydrogen) atoms. The van der Waals surface area contributed by atoms with Crippen LogP contribution in [0, 0.1) is 0 Å². The number of urea groups is 1. The van der Waals surface area contributed by atoms with Crippen molar-refractivity contribution in [2.75, 3.05) is 6.54 Å². The van der Waals surface area contributed by atoms with Crippen LogP contribution in [0.2, 0.25) is 0 Å². The van der Waals surface area contributed by atoms with Gasteiger partial charge in [-0.15, -0.1) is 0 Å². The summed E-state index contributed by atoms with van der Waals surface area (Å²) < 4.78 is 0. The maximum Gasteiger partial charge on any atom is 0.317 e. The zero-order valence-corrected chi connectivity index (χ0v) is 11.6. The molecule has 0 saturated heterocycles. The van der Waals surface area contributed by atoms with Crippen LogP contribution in [0.3, 0.4) is 0 Å². The van der Waals surface area contributed by atoms with Gasteiger partial charge in [0.2, 0.25) is 0 Å². The van der Waals surface area contributed by atoms with Gasteiger partial charge in [0.15, 0.2) is 0 Å². The predicted octanol–water partition coefficient (Wildman–Crippen LogP) is 1.18. The van der Waals surface area contributed by atoms with Gasteiger partial charge in [-0.1, -0.05) is 0 Å². The largest absolute Gasteiger partial charge is 0.481 e. The number of aliphatic hydroxyl groups is 1. The Morgan fingerprint density at radius 1 is 1.26 bits per heavy atom. The van der Waals surface area contributed by atoms with Crippen molar-refractivity contribution in [3.63, 3.8) is 0 Å². The van der Waals surface area contributed by atoms with Crippen molar-refractivity contribution in [3.8, 4) is 0 Å². The molecular weight excluding hydrogens is 248 g/mol. The lowest BCUT2D eigenvalue weighted by Gasteiger charge is -2.31. The maximum atomic E-state index is 12.1. The Morgan fingerprint density at radius 2 is 1.84 bits per heavy atom. The fraction of sp³-hybridized carbons (Fsp3) is 0.846. The first-order valence-electron chi connectivity index (χ1n) is 6.87. The first-order chi connectivity index (χ1) is 8.90. The first kappa shape index (κ1) is 15.8. The van der Waals surface area contributed by atoms with Gasteiger partial charge in [0.1, 0.15) is 0 Å². The van der Waals surface area contributed by atoms with E-state index in [2.05, 4.69) is 5.32 Å². The Hall–Kier alpha value is -1.30. The lowest BCUT2D eigenvalue weighted by Crippen LogP contribution is -2.49. The second-order valence-corrected chi connectivity index (χ2v) is 5.39. The van der Waals surface area contributed by atoms with Gasteiger partial charge in [-0.05, 0) is 39.5 Å². The number of rotatable bonds is 5. The van der Waals surface area contributed by atoms with Gasteiger partial charge in [0.05, 0.1) is 12.5 Å². The SMILES string of the molecule is CC(C)N(CCC(=O)O)C(=O)NC1CCC(O)CC1. The maximum absolute atomic E-state index is 12.1. The highest BCUT2D eigenvalue weighted by Gasteiger charge is 2.24. The zero-order valence-electron chi connectivity index (χ0n) is 11.6. The normalized spacial score (nSPS) is 23.2. The fourth-order valence-electron chi connectivity index (χ4n) is 2.29. The molecule has 0 aromatic heterocycles. The standard InChI is InChI=1S/C13H24N2O4/c1-9(2)15(8-7-12(17)18)13(19)14-10-3-5-11(16)6-4-10/h9-11,16H,3-8H2,1-2H3,(H,14,19)(H,17,18). The van der Waals surface area contributed by atoms with Gasteiger partial charge in [-0.3, -0.25) is 4.79 Å². The minimum Gasteiger partial charge on any atom is -0.481 e. The van der Waals surface area contributed by atoms with Crippen molar-refractivity contribution in [3.05, 3.63) is 0 Å². The van der Waals surface area contributed by atoms with E-state index < -0.39 is 5.97 Å². The van der Waals surface area contributed by atoms with Gasteiger partial charge in [-0.25, -0.2) is 4.79 Å². The number of nitrogens with zero attached hydrogens (tertiary/aromatic N) is 1. The number of carbonyl (C=O) groups is 2. The van der Waals surface area contributed by atoms with Crippen LogP contribution in [0.15, 0.2) is 0 Å². The summed E-state index contributed by atoms with van der Waals surface area (Å²) in [6, 6.07) is -0.159. The third kappa shape index (κ3) is 5.46. The number of aliphatic hydroxyl groups excluding tert-OH is 1. The molecule has 1 rings (SSSR count). The van der Waals surface area contributed by atoms with E-state index in [1.54, 1.807) is 4.90 Å². The summed E-state index contributed by atoms with van der Waals surface area (Å²) in [4.78, 5) is 24.2. The number of hydrogen-bond acceptors (Lipinski definition) is 3. The highest BCUT2D eigenvalue weighted by Crippen LogP contribution is 2.18. The van der Waals surface area contributed by atoms with Crippen molar-refractivity contribution in [1.29, 1.82) is 0 Å². The highest BCUT2D eigenvalue weighted by atomic mass is 16.4. The quantitative estimate of drug-likeness (QED) is 0.701. The van der Waals surface area contributed by atoms with Crippen LogP contribution in [-0.4, -0.2) is 51.8 Å². The van der Waals surface area contributed by atoms with E-state index in [0.29, 0.717) is 12.8 Å². The van der Waals surface area contributed by atoms with Gasteiger partial charge in [0.25, 0.3) is 0 Å². The van der Waals surface area contributed by atoms with Crippen molar-refractivity contribution < 1.29 is 19.8 Å². The number of hydrogen-bond donors (Lipinski definition) is 3. The summed E-state index contributed by atoms with van der Waals surface area (Å²) in [5.74, 6) is -0.903. The Morgan fingerprint density at radius 3 is 2.32 bits per heavy atom. The summed E-state index contributed by atoms with van der Waals surface area (Å²) in [6.45, 7) is 3.95. The Bertz CT molecular complexity index is 312. The molecule has 1 saturated carbocycles. The molecule has 0 bridgehead atoms. The predicted molar refractivity (Wildman–Crippen MR) is 70.9 cm³/mol. The summed E-state index contributed by atoms with van der Waals surface area (Å²) in [5.41, 5.74) is 0. The minimum atomic E-state index is -0.903. The second kappa shape index (κ2) is 7.33. The molecule has 1 aliphatic rings. The average molecular weight is 272 g/mol. The van der Waals surface area contributed by atoms with Gasteiger partial charge < -0.3 is 20.4 Å². The fourth-order valence-corrected chi connectivity index (χ4v) is 2.29. The third-order valence-electron chi connectivity index (χ3n) is 3.48. The number of aliphatic carboxylic acids is 1. The van der Waals surface area contributed by atoms with Crippen LogP contribution in [-0.2, 0) is 4.79 Å². The molecular formula is C13H24N2O4. The van der Waals surface area contributed by atoms with Gasteiger partial charge in [-0.2, -0.15) is 0 Å². The molecule has 6 nitrogen and oxygen atoms in total. The van der Waals surface area contributed by atoms with Crippen LogP contribution >= 0.6 is 0 Å². The Kier molecular flexibility index (Phi) is 6.08. The van der Waals surface area contributed by atoms with Crippen LogP contribution < -0.4 is 5.32 Å². The lowest BCUT2D eigenvalue weighted by atomic mass is 9.93. The van der Waals surface area contributed by atoms with E-state index in [1.165, 1.54) is 0 Å². The summed E-state index contributed by atoms with van der Waals surface area (Å²) in [5, 5.41) is 21.0. The number of carboxylic acid groups (broad SMARTS) is 1. The van der Waals surface area contributed by atoms with Crippen molar-refractivity contribution in [1.82, 2.24) is 10.2 Å². The monoisotopic (exact) mass is 272 g/mol. The smallest absolute Gasteiger partial charge is 0.317 e. The number of carboxylic acids is 1. The molecule has 3 N–H and O–H groups in total. The van der Waals surface area contributed by atoms with Crippen LogP contribution in [0.1, 0.15) is 46.0 Å². The van der Waals surface area contributed by atoms with E-state index in [4.69, 9.17) is 5.11 Å². The van der Waals surface area contributed by atoms with Gasteiger partial charge in [0, 0.05) is 18.6 Å². The Labute approximate surface area is 113 Å². The van der Waals surface area contributed by atoms with E-state index in [-0.39, 0.29) is 37.2 Å². The average Bonchev–Trinajstić information content (AvgIpc) is 2.31. The van der Waals surface area contributed by atoms with Crippen LogP contribution in [0.4, 0.5) is 4.79 Å². The molecule has 1 fully saturated rings. The molecule has 0 atom stereocenters. The first-order valence-corrected chi connectivity index (χ1v) is 6.87. The summed E-state index contributed by atoms with van der Waals surface area (Å²) in [6.07, 6.45) is 2.68. The van der Waals surface area contributed by atoms with Crippen LogP contribution in [0.5, 0.6) is 0 Å². The molecule has 0 unspecified atom stereocenters. The highest BCUT2D eigenvalue weighted by molar-refractivity contribution is 5.75. The van der Waals surface area contributed by atoms with Crippen LogP contribution in [0.25, 0.3) is 0 Å². The van der Waals surface area contributed by atoms with Crippen molar-refractivity contribution in [2.45, 2.75) is 64.1 Å². The van der Waals surface area contributed by atoms with E-state index in [0.717, 1.165) is 12.8 Å². The van der Waals surface area contributed by atoms with Crippen molar-refractivity contribution >= 4 is 12.0 Å². The lowest BCUT2D eigenvalue weighted by molar-refractivity contribution is -0.137. The zero-order chi connectivity index (χ0) is 14.4. The molecule has 0 spiro atoms. The minimum absolute atomic E-state index is 0.0338. The number of nitrogens with one attached hydrogen (secondary N) is 1. The molecule has 0 radical (unpaired) electrons. The van der Waals surface area contributed by atoms with Gasteiger partial charge >= 0.3 is 12.0 Å². The molecule has 1 aliphatic carbocycles. The molecule has 0 aromatic rings. The van der Waals surface area contributed by atoms with E-state index in [1.807, 2.05) is 13.8 Å². The second-order valence-electron chi connectivity index (χ2n) is 5.39. The summed E-state index contributed by atoms with van der Waals surface area (Å²) in [7, 11) is 0. The molecule has 0 aliphatic heterocycles. The molecule has 0 heterocycles. The topological polar surface area (TPSA) is 89.9 Å². The molecule has 6 heteroatoms. The molecule has 0 aromatic carbocycles. The third-order valence-corrected chi connectivity index (χ3v) is 3.48. The summed E-state index contributed by atoms with van der Waals surface area (Å²) >= 11 is 0. The number of amides is 2. The molecule has 2 amide bonds. The van der Waals surface area contributed by atoms with Crippen molar-refractivity contribution in [2.24, 2.45) is 0 Å². The molecule has 110 valence electrons. The van der Waals surface area contributed by atoms with E-state index in [9.17, 15) is 14.7 Å². The van der Waals surface area contributed by atoms with E-state index >= 15 is 0 Å². The Balaban J connectivity index is 2.45. The number of carbonyl (C=O) groups excluding carboxylic acids is 1.